The second-order valence-electron chi connectivity index (χ2n) is 5.23. The number of H-pyrrole nitrogens is 1. The molecular weight excluding hydrogens is 282 g/mol. The molecule has 2 aromatic heterocycles. The first kappa shape index (κ1) is 14.2. The molecule has 0 unspecified atom stereocenters. The smallest absolute Gasteiger partial charge is 0.275 e. The molecule has 0 spiro atoms. The molecule has 0 saturated carbocycles. The van der Waals surface area contributed by atoms with Gasteiger partial charge in [-0.3, -0.25) is 19.4 Å². The van der Waals surface area contributed by atoms with Crippen LogP contribution in [0.5, 0.6) is 5.75 Å². The standard InChI is InChI=1S/C16H17N3O3/c1-10-15-12(17-18(2)16(15)21)8-14(20)19(10)9-11-6-4-5-7-13(11)22-3/h4-8,17H,9H2,1-3H3. The van der Waals surface area contributed by atoms with Crippen LogP contribution in [0.2, 0.25) is 0 Å². The number of rotatable bonds is 3. The molecule has 0 atom stereocenters. The van der Waals surface area contributed by atoms with Crippen LogP contribution in [0.3, 0.4) is 0 Å². The van der Waals surface area contributed by atoms with Crippen molar-refractivity contribution in [1.82, 2.24) is 14.3 Å². The summed E-state index contributed by atoms with van der Waals surface area (Å²) in [6.45, 7) is 2.15. The highest BCUT2D eigenvalue weighted by Gasteiger charge is 2.14. The summed E-state index contributed by atoms with van der Waals surface area (Å²) < 4.78 is 8.30. The molecule has 6 nitrogen and oxygen atoms in total. The second-order valence-corrected chi connectivity index (χ2v) is 5.23. The Morgan fingerprint density at radius 3 is 2.68 bits per heavy atom. The number of aromatic amines is 1. The minimum atomic E-state index is -0.155. The molecule has 3 aromatic rings. The van der Waals surface area contributed by atoms with Gasteiger partial charge in [0.05, 0.1) is 24.6 Å². The van der Waals surface area contributed by atoms with Gasteiger partial charge in [-0.25, -0.2) is 0 Å². The number of aryl methyl sites for hydroxylation is 2. The van der Waals surface area contributed by atoms with Crippen LogP contribution >= 0.6 is 0 Å². The van der Waals surface area contributed by atoms with E-state index in [2.05, 4.69) is 5.10 Å². The Hall–Kier alpha value is -2.76. The first-order valence-corrected chi connectivity index (χ1v) is 6.94. The molecule has 0 bridgehead atoms. The summed E-state index contributed by atoms with van der Waals surface area (Å²) in [4.78, 5) is 24.5. The van der Waals surface area contributed by atoms with E-state index < -0.39 is 0 Å². The normalized spacial score (nSPS) is 11.0. The number of para-hydroxylation sites is 1. The van der Waals surface area contributed by atoms with Crippen molar-refractivity contribution in [2.24, 2.45) is 7.05 Å². The minimum Gasteiger partial charge on any atom is -0.496 e. The first-order valence-electron chi connectivity index (χ1n) is 6.94. The molecule has 0 amide bonds. The SMILES string of the molecule is COc1ccccc1Cn1c(C)c2c(=O)n(C)[nH]c2cc1=O. The molecule has 114 valence electrons. The topological polar surface area (TPSA) is 69.0 Å². The fourth-order valence-corrected chi connectivity index (χ4v) is 2.73. The Bertz CT molecular complexity index is 963. The maximum atomic E-state index is 12.4. The third-order valence-electron chi connectivity index (χ3n) is 3.90. The number of pyridine rings is 1. The fourth-order valence-electron chi connectivity index (χ4n) is 2.73. The van der Waals surface area contributed by atoms with Gasteiger partial charge in [-0.2, -0.15) is 0 Å². The molecular formula is C16H17N3O3. The molecule has 0 saturated heterocycles. The number of ether oxygens (including phenoxy) is 1. The second kappa shape index (κ2) is 5.22. The van der Waals surface area contributed by atoms with Gasteiger partial charge in [0, 0.05) is 24.4 Å². The van der Waals surface area contributed by atoms with Crippen LogP contribution in [0.15, 0.2) is 39.9 Å². The number of nitrogens with one attached hydrogen (secondary N) is 1. The van der Waals surface area contributed by atoms with Gasteiger partial charge in [0.25, 0.3) is 11.1 Å². The largest absolute Gasteiger partial charge is 0.496 e. The van der Waals surface area contributed by atoms with Gasteiger partial charge in [-0.05, 0) is 13.0 Å². The van der Waals surface area contributed by atoms with E-state index >= 15 is 0 Å². The average molecular weight is 299 g/mol. The van der Waals surface area contributed by atoms with Crippen LogP contribution in [0, 0.1) is 6.92 Å². The summed E-state index contributed by atoms with van der Waals surface area (Å²) >= 11 is 0. The minimum absolute atomic E-state index is 0.138. The molecule has 3 rings (SSSR count). The third kappa shape index (κ3) is 2.13. The van der Waals surface area contributed by atoms with E-state index in [0.717, 1.165) is 11.3 Å². The zero-order valence-electron chi connectivity index (χ0n) is 12.7. The van der Waals surface area contributed by atoms with Crippen LogP contribution < -0.4 is 15.9 Å². The van der Waals surface area contributed by atoms with Gasteiger partial charge in [-0.15, -0.1) is 0 Å². The summed E-state index contributed by atoms with van der Waals surface area (Å²) in [5, 5.41) is 3.43. The zero-order chi connectivity index (χ0) is 15.9. The Morgan fingerprint density at radius 1 is 1.23 bits per heavy atom. The van der Waals surface area contributed by atoms with Crippen LogP contribution in [0.25, 0.3) is 10.9 Å². The van der Waals surface area contributed by atoms with Crippen molar-refractivity contribution in [2.45, 2.75) is 13.5 Å². The summed E-state index contributed by atoms with van der Waals surface area (Å²) in [5.41, 5.74) is 1.81. The number of fused-ring (bicyclic) bond motifs is 1. The van der Waals surface area contributed by atoms with Gasteiger partial charge in [0.15, 0.2) is 0 Å². The Balaban J connectivity index is 2.21. The third-order valence-corrected chi connectivity index (χ3v) is 3.90. The van der Waals surface area contributed by atoms with Gasteiger partial charge >= 0.3 is 0 Å². The van der Waals surface area contributed by atoms with Crippen molar-refractivity contribution in [2.75, 3.05) is 7.11 Å². The lowest BCUT2D eigenvalue weighted by Gasteiger charge is -2.13. The van der Waals surface area contributed by atoms with Crippen molar-refractivity contribution in [3.8, 4) is 5.75 Å². The lowest BCUT2D eigenvalue weighted by molar-refractivity contribution is 0.408. The zero-order valence-corrected chi connectivity index (χ0v) is 12.7. The van der Waals surface area contributed by atoms with E-state index in [0.29, 0.717) is 23.1 Å². The summed E-state index contributed by atoms with van der Waals surface area (Å²) in [6, 6.07) is 8.99. The Labute approximate surface area is 126 Å². The molecule has 22 heavy (non-hydrogen) atoms. The number of hydrogen-bond donors (Lipinski definition) is 1. The van der Waals surface area contributed by atoms with Crippen LogP contribution in [-0.2, 0) is 13.6 Å². The van der Waals surface area contributed by atoms with Crippen molar-refractivity contribution in [3.63, 3.8) is 0 Å². The number of methoxy groups -OCH3 is 1. The lowest BCUT2D eigenvalue weighted by Crippen LogP contribution is -2.23. The Kier molecular flexibility index (Phi) is 3.36. The highest BCUT2D eigenvalue weighted by atomic mass is 16.5. The fraction of sp³-hybridized carbons (Fsp3) is 0.250. The molecule has 0 radical (unpaired) electrons. The molecule has 1 aromatic carbocycles. The van der Waals surface area contributed by atoms with E-state index in [-0.39, 0.29) is 11.1 Å². The van der Waals surface area contributed by atoms with Gasteiger partial charge in [0.2, 0.25) is 0 Å². The van der Waals surface area contributed by atoms with Crippen LogP contribution in [0.1, 0.15) is 11.3 Å². The summed E-state index contributed by atoms with van der Waals surface area (Å²) in [6.07, 6.45) is 0. The van der Waals surface area contributed by atoms with Crippen molar-refractivity contribution < 1.29 is 4.74 Å². The molecule has 1 N–H and O–H groups in total. The van der Waals surface area contributed by atoms with Gasteiger partial charge < -0.3 is 9.30 Å². The molecule has 0 fully saturated rings. The predicted octanol–water partition coefficient (Wildman–Crippen LogP) is 1.39. The first-order chi connectivity index (χ1) is 10.5. The van der Waals surface area contributed by atoms with E-state index in [1.165, 1.54) is 10.7 Å². The van der Waals surface area contributed by atoms with Crippen LogP contribution in [-0.4, -0.2) is 21.5 Å². The average Bonchev–Trinajstić information content (AvgIpc) is 2.78. The number of nitrogens with zero attached hydrogens (tertiary/aromatic N) is 2. The number of hydrogen-bond acceptors (Lipinski definition) is 3. The highest BCUT2D eigenvalue weighted by Crippen LogP contribution is 2.19. The van der Waals surface area contributed by atoms with Crippen molar-refractivity contribution >= 4 is 10.9 Å². The quantitative estimate of drug-likeness (QED) is 0.794. The maximum Gasteiger partial charge on any atom is 0.275 e. The van der Waals surface area contributed by atoms with Crippen LogP contribution in [0.4, 0.5) is 0 Å². The van der Waals surface area contributed by atoms with E-state index in [1.54, 1.807) is 25.6 Å². The predicted molar refractivity (Wildman–Crippen MR) is 84.6 cm³/mol. The van der Waals surface area contributed by atoms with Gasteiger partial charge in [0.1, 0.15) is 5.75 Å². The molecule has 0 aliphatic heterocycles. The van der Waals surface area contributed by atoms with E-state index in [1.807, 2.05) is 24.3 Å². The molecule has 0 aliphatic rings. The lowest BCUT2D eigenvalue weighted by atomic mass is 10.1. The highest BCUT2D eigenvalue weighted by molar-refractivity contribution is 5.80. The maximum absolute atomic E-state index is 12.4. The Morgan fingerprint density at radius 2 is 1.95 bits per heavy atom. The molecule has 0 aliphatic carbocycles. The monoisotopic (exact) mass is 299 g/mol. The molecule has 6 heteroatoms. The van der Waals surface area contributed by atoms with E-state index in [9.17, 15) is 9.59 Å². The summed E-state index contributed by atoms with van der Waals surface area (Å²) in [7, 11) is 3.23. The van der Waals surface area contributed by atoms with Gasteiger partial charge in [-0.1, -0.05) is 18.2 Å². The molecule has 2 heterocycles. The number of benzene rings is 1. The van der Waals surface area contributed by atoms with Crippen molar-refractivity contribution in [1.29, 1.82) is 0 Å². The summed E-state index contributed by atoms with van der Waals surface area (Å²) in [5.74, 6) is 0.718. The number of aromatic nitrogens is 3. The van der Waals surface area contributed by atoms with Crippen molar-refractivity contribution in [3.05, 3.63) is 62.3 Å². The van der Waals surface area contributed by atoms with E-state index in [4.69, 9.17) is 4.74 Å².